The summed E-state index contributed by atoms with van der Waals surface area (Å²) in [5.74, 6) is 0. The number of hydrogen-bond acceptors (Lipinski definition) is 0. The van der Waals surface area contributed by atoms with Gasteiger partial charge in [0.25, 0.3) is 0 Å². The van der Waals surface area contributed by atoms with E-state index in [0.29, 0.717) is 4.83 Å². The summed E-state index contributed by atoms with van der Waals surface area (Å²) in [6.07, 6.45) is 1.19. The van der Waals surface area contributed by atoms with E-state index in [2.05, 4.69) is 47.8 Å². The Morgan fingerprint density at radius 3 is 1.67 bits per heavy atom. The molecule has 0 aromatic heterocycles. The Morgan fingerprint density at radius 2 is 1.67 bits per heavy atom. The minimum atomic E-state index is 0.250. The van der Waals surface area contributed by atoms with Crippen molar-refractivity contribution in [2.75, 3.05) is 0 Å². The van der Waals surface area contributed by atoms with Gasteiger partial charge >= 0.3 is 0 Å². The molecule has 0 nitrogen and oxygen atoms in total. The molecule has 0 bridgehead atoms. The lowest BCUT2D eigenvalue weighted by molar-refractivity contribution is 1.48. The summed E-state index contributed by atoms with van der Waals surface area (Å²) in [4.78, 5) is 0.644. The minimum Gasteiger partial charge on any atom is -0.0865 e. The number of hydrogen-bond donors (Lipinski definition) is 0. The SMILES string of the molecule is BrC1CC1(Br)Br. The smallest absolute Gasteiger partial charge is 0.0865 e. The summed E-state index contributed by atoms with van der Waals surface area (Å²) in [5, 5.41) is 0. The molecule has 3 heteroatoms. The van der Waals surface area contributed by atoms with Crippen LogP contribution < -0.4 is 0 Å². The topological polar surface area (TPSA) is 0 Å². The van der Waals surface area contributed by atoms with Crippen LogP contribution in [0.2, 0.25) is 0 Å². The van der Waals surface area contributed by atoms with Crippen molar-refractivity contribution in [2.45, 2.75) is 14.5 Å². The second kappa shape index (κ2) is 1.46. The molecule has 0 saturated heterocycles. The highest BCUT2D eigenvalue weighted by Gasteiger charge is 2.48. The van der Waals surface area contributed by atoms with Gasteiger partial charge in [0.2, 0.25) is 0 Å². The van der Waals surface area contributed by atoms with Gasteiger partial charge in [-0.1, -0.05) is 47.8 Å². The van der Waals surface area contributed by atoms with E-state index in [1.165, 1.54) is 6.42 Å². The van der Waals surface area contributed by atoms with Gasteiger partial charge in [0.1, 0.15) is 0 Å². The summed E-state index contributed by atoms with van der Waals surface area (Å²) in [5.41, 5.74) is 0. The van der Waals surface area contributed by atoms with Gasteiger partial charge in [-0.3, -0.25) is 0 Å². The van der Waals surface area contributed by atoms with Crippen LogP contribution in [0.15, 0.2) is 0 Å². The molecule has 0 spiro atoms. The van der Waals surface area contributed by atoms with Gasteiger partial charge in [-0.05, 0) is 6.42 Å². The maximum Gasteiger partial charge on any atom is 0.0942 e. The standard InChI is InChI=1S/C3H3Br3/c4-2-1-3(2,5)6/h2H,1H2. The van der Waals surface area contributed by atoms with Gasteiger partial charge in [0, 0.05) is 4.83 Å². The predicted molar refractivity (Wildman–Crippen MR) is 37.9 cm³/mol. The molecule has 0 N–H and O–H groups in total. The van der Waals surface area contributed by atoms with E-state index < -0.39 is 0 Å². The third kappa shape index (κ3) is 0.984. The van der Waals surface area contributed by atoms with Crippen molar-refractivity contribution < 1.29 is 0 Å². The molecule has 1 aliphatic rings. The van der Waals surface area contributed by atoms with Gasteiger partial charge in [-0.15, -0.1) is 0 Å². The van der Waals surface area contributed by atoms with Crippen molar-refractivity contribution in [3.63, 3.8) is 0 Å². The zero-order chi connectivity index (χ0) is 4.78. The molecule has 1 saturated carbocycles. The first-order chi connectivity index (χ1) is 2.63. The Kier molecular flexibility index (Phi) is 1.35. The molecule has 0 aromatic carbocycles. The van der Waals surface area contributed by atoms with Gasteiger partial charge < -0.3 is 0 Å². The number of halogens is 3. The summed E-state index contributed by atoms with van der Waals surface area (Å²) < 4.78 is 0.250. The highest BCUT2D eigenvalue weighted by atomic mass is 79.9. The predicted octanol–water partition coefficient (Wildman–Crippen LogP) is 2.64. The fraction of sp³-hybridized carbons (Fsp3) is 1.00. The monoisotopic (exact) mass is 276 g/mol. The lowest BCUT2D eigenvalue weighted by Gasteiger charge is -1.84. The number of alkyl halides is 3. The minimum absolute atomic E-state index is 0.250. The fourth-order valence-corrected chi connectivity index (χ4v) is 2.21. The third-order valence-electron chi connectivity index (χ3n) is 0.750. The van der Waals surface area contributed by atoms with Crippen LogP contribution in [0.3, 0.4) is 0 Å². The van der Waals surface area contributed by atoms with Gasteiger partial charge in [0.05, 0.1) is 3.23 Å². The maximum atomic E-state index is 3.42. The van der Waals surface area contributed by atoms with E-state index in [-0.39, 0.29) is 3.23 Å². The molecule has 1 unspecified atom stereocenters. The van der Waals surface area contributed by atoms with Crippen LogP contribution in [0.1, 0.15) is 6.42 Å². The van der Waals surface area contributed by atoms with Crippen molar-refractivity contribution in [1.29, 1.82) is 0 Å². The van der Waals surface area contributed by atoms with Crippen LogP contribution in [0.4, 0.5) is 0 Å². The quantitative estimate of drug-likeness (QED) is 0.598. The molecule has 0 amide bonds. The molecular formula is C3H3Br3. The molecule has 0 aromatic rings. The molecule has 1 rings (SSSR count). The largest absolute Gasteiger partial charge is 0.0942 e. The van der Waals surface area contributed by atoms with E-state index in [0.717, 1.165) is 0 Å². The van der Waals surface area contributed by atoms with Gasteiger partial charge in [-0.25, -0.2) is 0 Å². The lowest BCUT2D eigenvalue weighted by Crippen LogP contribution is -1.81. The lowest BCUT2D eigenvalue weighted by atomic mass is 11.0. The molecule has 36 valence electrons. The van der Waals surface area contributed by atoms with Crippen LogP contribution in [0, 0.1) is 0 Å². The second-order valence-corrected chi connectivity index (χ2v) is 6.43. The first kappa shape index (κ1) is 5.57. The molecule has 1 aliphatic carbocycles. The maximum absolute atomic E-state index is 3.42. The van der Waals surface area contributed by atoms with Crippen molar-refractivity contribution in [2.24, 2.45) is 0 Å². The molecule has 6 heavy (non-hydrogen) atoms. The molecule has 0 heterocycles. The van der Waals surface area contributed by atoms with Crippen molar-refractivity contribution in [3.05, 3.63) is 0 Å². The molecule has 0 aliphatic heterocycles. The summed E-state index contributed by atoms with van der Waals surface area (Å²) in [6, 6.07) is 0. The van der Waals surface area contributed by atoms with E-state index in [9.17, 15) is 0 Å². The van der Waals surface area contributed by atoms with E-state index in [1.54, 1.807) is 0 Å². The molecule has 0 radical (unpaired) electrons. The zero-order valence-electron chi connectivity index (χ0n) is 2.92. The average molecular weight is 279 g/mol. The molecular weight excluding hydrogens is 276 g/mol. The Morgan fingerprint density at radius 1 is 1.50 bits per heavy atom. The zero-order valence-corrected chi connectivity index (χ0v) is 7.68. The highest BCUT2D eigenvalue weighted by molar-refractivity contribution is 9.26. The summed E-state index contributed by atoms with van der Waals surface area (Å²) >= 11 is 10.3. The van der Waals surface area contributed by atoms with Crippen molar-refractivity contribution >= 4 is 47.8 Å². The van der Waals surface area contributed by atoms with Crippen molar-refractivity contribution in [1.82, 2.24) is 0 Å². The molecule has 1 fully saturated rings. The Balaban J connectivity index is 2.41. The van der Waals surface area contributed by atoms with E-state index in [1.807, 2.05) is 0 Å². The van der Waals surface area contributed by atoms with E-state index in [4.69, 9.17) is 0 Å². The van der Waals surface area contributed by atoms with Crippen LogP contribution in [0.25, 0.3) is 0 Å². The Hall–Kier alpha value is 1.44. The van der Waals surface area contributed by atoms with Crippen LogP contribution >= 0.6 is 47.8 Å². The normalized spacial score (nSPS) is 39.5. The average Bonchev–Trinajstić information content (AvgIpc) is 1.73. The van der Waals surface area contributed by atoms with Crippen LogP contribution in [-0.4, -0.2) is 8.06 Å². The second-order valence-electron chi connectivity index (χ2n) is 1.43. The Bertz CT molecular complexity index is 68.4. The molecule has 1 atom stereocenters. The van der Waals surface area contributed by atoms with Gasteiger partial charge in [0.15, 0.2) is 0 Å². The van der Waals surface area contributed by atoms with Crippen molar-refractivity contribution in [3.8, 4) is 0 Å². The summed E-state index contributed by atoms with van der Waals surface area (Å²) in [6.45, 7) is 0. The third-order valence-corrected chi connectivity index (χ3v) is 4.84. The highest BCUT2D eigenvalue weighted by Crippen LogP contribution is 2.55. The van der Waals surface area contributed by atoms with E-state index >= 15 is 0 Å². The van der Waals surface area contributed by atoms with Gasteiger partial charge in [-0.2, -0.15) is 0 Å². The Labute approximate surface area is 62.1 Å². The first-order valence-corrected chi connectivity index (χ1v) is 4.15. The van der Waals surface area contributed by atoms with Crippen LogP contribution in [0.5, 0.6) is 0 Å². The van der Waals surface area contributed by atoms with Crippen LogP contribution in [-0.2, 0) is 0 Å². The fourth-order valence-electron chi connectivity index (χ4n) is 0.180. The summed E-state index contributed by atoms with van der Waals surface area (Å²) in [7, 11) is 0. The first-order valence-electron chi connectivity index (χ1n) is 1.65. The number of rotatable bonds is 0.